The number of nitrogens with one attached hydrogen (secondary N) is 1. The van der Waals surface area contributed by atoms with Crippen LogP contribution in [0.5, 0.6) is 0 Å². The number of nitrogens with zero attached hydrogens (tertiary/aromatic N) is 2. The summed E-state index contributed by atoms with van der Waals surface area (Å²) < 4.78 is 0. The molecule has 3 heteroatoms. The van der Waals surface area contributed by atoms with Gasteiger partial charge in [-0.2, -0.15) is 5.26 Å². The largest absolute Gasteiger partial charge is 0.365 e. The zero-order valence-corrected chi connectivity index (χ0v) is 9.16. The fraction of sp³-hybridized carbons (Fsp3) is 0.583. The second kappa shape index (κ2) is 4.08. The number of aromatic nitrogens is 1. The van der Waals surface area contributed by atoms with E-state index in [0.29, 0.717) is 0 Å². The van der Waals surface area contributed by atoms with Gasteiger partial charge in [-0.1, -0.05) is 0 Å². The normalized spacial score (nSPS) is 17.7. The van der Waals surface area contributed by atoms with E-state index in [-0.39, 0.29) is 5.41 Å². The minimum absolute atomic E-state index is 0.00944. The Morgan fingerprint density at radius 2 is 2.40 bits per heavy atom. The molecule has 1 N–H and O–H groups in total. The first-order chi connectivity index (χ1) is 7.24. The van der Waals surface area contributed by atoms with Crippen molar-refractivity contribution in [3.8, 4) is 6.07 Å². The highest BCUT2D eigenvalue weighted by Crippen LogP contribution is 2.45. The van der Waals surface area contributed by atoms with Crippen molar-refractivity contribution in [1.82, 2.24) is 9.88 Å². The van der Waals surface area contributed by atoms with Gasteiger partial charge in [0.25, 0.3) is 0 Å². The van der Waals surface area contributed by atoms with Crippen LogP contribution in [0.1, 0.15) is 18.5 Å². The molecule has 15 heavy (non-hydrogen) atoms. The molecule has 80 valence electrons. The van der Waals surface area contributed by atoms with Crippen LogP contribution in [0.25, 0.3) is 0 Å². The Labute approximate surface area is 90.7 Å². The van der Waals surface area contributed by atoms with Crippen molar-refractivity contribution in [3.05, 3.63) is 24.0 Å². The lowest BCUT2D eigenvalue weighted by molar-refractivity contribution is 0.296. The lowest BCUT2D eigenvalue weighted by Crippen LogP contribution is -2.28. The van der Waals surface area contributed by atoms with Crippen LogP contribution in [0.3, 0.4) is 0 Å². The summed E-state index contributed by atoms with van der Waals surface area (Å²) in [6.45, 7) is 1.94. The highest BCUT2D eigenvalue weighted by Gasteiger charge is 2.43. The number of nitriles is 1. The third kappa shape index (κ3) is 2.60. The lowest BCUT2D eigenvalue weighted by Gasteiger charge is -2.18. The summed E-state index contributed by atoms with van der Waals surface area (Å²) in [4.78, 5) is 5.45. The molecule has 0 spiro atoms. The van der Waals surface area contributed by atoms with Crippen molar-refractivity contribution < 1.29 is 0 Å². The molecule has 2 rings (SSSR count). The van der Waals surface area contributed by atoms with E-state index in [4.69, 9.17) is 5.26 Å². The monoisotopic (exact) mass is 203 g/mol. The Bertz CT molecular complexity index is 343. The van der Waals surface area contributed by atoms with Crippen LogP contribution < -0.4 is 0 Å². The Balaban J connectivity index is 1.74. The van der Waals surface area contributed by atoms with Gasteiger partial charge in [0.05, 0.1) is 11.5 Å². The van der Waals surface area contributed by atoms with E-state index in [1.54, 1.807) is 0 Å². The van der Waals surface area contributed by atoms with E-state index < -0.39 is 0 Å². The summed E-state index contributed by atoms with van der Waals surface area (Å²) in [7, 11) is 2.10. The first kappa shape index (κ1) is 10.3. The van der Waals surface area contributed by atoms with Crippen molar-refractivity contribution in [2.45, 2.75) is 19.3 Å². The van der Waals surface area contributed by atoms with Crippen LogP contribution in [0.4, 0.5) is 0 Å². The van der Waals surface area contributed by atoms with Gasteiger partial charge < -0.3 is 9.88 Å². The van der Waals surface area contributed by atoms with Crippen molar-refractivity contribution in [3.63, 3.8) is 0 Å². The third-order valence-electron chi connectivity index (χ3n) is 3.09. The quantitative estimate of drug-likeness (QED) is 0.792. The van der Waals surface area contributed by atoms with Crippen molar-refractivity contribution in [2.24, 2.45) is 5.41 Å². The molecule has 0 unspecified atom stereocenters. The summed E-state index contributed by atoms with van der Waals surface area (Å²) in [5, 5.41) is 8.97. The first-order valence-corrected chi connectivity index (χ1v) is 5.46. The molecule has 0 bridgehead atoms. The molecule has 1 heterocycles. The SMILES string of the molecule is CN(CCc1ccc[nH]1)CC1(C#N)CC1. The van der Waals surface area contributed by atoms with E-state index >= 15 is 0 Å². The summed E-state index contributed by atoms with van der Waals surface area (Å²) >= 11 is 0. The second-order valence-corrected chi connectivity index (χ2v) is 4.58. The average Bonchev–Trinajstić information content (AvgIpc) is 2.80. The van der Waals surface area contributed by atoms with Crippen LogP contribution in [-0.4, -0.2) is 30.0 Å². The molecule has 1 saturated carbocycles. The average molecular weight is 203 g/mol. The van der Waals surface area contributed by atoms with Crippen molar-refractivity contribution >= 4 is 0 Å². The Hall–Kier alpha value is -1.27. The van der Waals surface area contributed by atoms with Crippen LogP contribution in [0, 0.1) is 16.7 Å². The fourth-order valence-electron chi connectivity index (χ4n) is 1.89. The highest BCUT2D eigenvalue weighted by molar-refractivity contribution is 5.11. The van der Waals surface area contributed by atoms with Gasteiger partial charge in [-0.05, 0) is 32.0 Å². The van der Waals surface area contributed by atoms with E-state index in [9.17, 15) is 0 Å². The van der Waals surface area contributed by atoms with Gasteiger partial charge >= 0.3 is 0 Å². The van der Waals surface area contributed by atoms with Gasteiger partial charge in [-0.15, -0.1) is 0 Å². The molecular weight excluding hydrogens is 186 g/mol. The predicted molar refractivity (Wildman–Crippen MR) is 59.3 cm³/mol. The Kier molecular flexibility index (Phi) is 2.79. The molecule has 0 saturated heterocycles. The highest BCUT2D eigenvalue weighted by atomic mass is 15.1. The molecule has 0 atom stereocenters. The van der Waals surface area contributed by atoms with Gasteiger partial charge in [0.15, 0.2) is 0 Å². The van der Waals surface area contributed by atoms with Gasteiger partial charge in [0, 0.05) is 31.4 Å². The standard InChI is InChI=1S/C12H17N3/c1-15(10-12(9-13)5-6-12)8-4-11-3-2-7-14-11/h2-3,7,14H,4-6,8,10H2,1H3. The minimum atomic E-state index is -0.00944. The van der Waals surface area contributed by atoms with Gasteiger partial charge in [0.1, 0.15) is 0 Å². The number of likely N-dealkylation sites (N-methyl/N-ethyl adjacent to an activating group) is 1. The van der Waals surface area contributed by atoms with E-state index in [1.165, 1.54) is 5.69 Å². The molecule has 1 aliphatic rings. The fourth-order valence-corrected chi connectivity index (χ4v) is 1.89. The number of hydrogen-bond acceptors (Lipinski definition) is 2. The third-order valence-corrected chi connectivity index (χ3v) is 3.09. The molecule has 0 radical (unpaired) electrons. The first-order valence-electron chi connectivity index (χ1n) is 5.46. The lowest BCUT2D eigenvalue weighted by atomic mass is 10.1. The summed E-state index contributed by atoms with van der Waals surface area (Å²) in [6, 6.07) is 6.55. The molecule has 0 aliphatic heterocycles. The number of aromatic amines is 1. The summed E-state index contributed by atoms with van der Waals surface area (Å²) in [5.74, 6) is 0. The maximum Gasteiger partial charge on any atom is 0.0703 e. The summed E-state index contributed by atoms with van der Waals surface area (Å²) in [5.41, 5.74) is 1.26. The van der Waals surface area contributed by atoms with Crippen molar-refractivity contribution in [1.29, 1.82) is 5.26 Å². The topological polar surface area (TPSA) is 42.8 Å². The van der Waals surface area contributed by atoms with Gasteiger partial charge in [0.2, 0.25) is 0 Å². The Morgan fingerprint density at radius 3 is 2.93 bits per heavy atom. The molecule has 1 aliphatic carbocycles. The molecule has 1 aromatic rings. The maximum absolute atomic E-state index is 8.97. The van der Waals surface area contributed by atoms with E-state index in [0.717, 1.165) is 32.4 Å². The molecule has 0 amide bonds. The molecule has 0 aromatic carbocycles. The second-order valence-electron chi connectivity index (χ2n) is 4.58. The smallest absolute Gasteiger partial charge is 0.0703 e. The maximum atomic E-state index is 8.97. The number of rotatable bonds is 5. The predicted octanol–water partition coefficient (Wildman–Crippen LogP) is 1.79. The van der Waals surface area contributed by atoms with Crippen LogP contribution in [-0.2, 0) is 6.42 Å². The van der Waals surface area contributed by atoms with Crippen LogP contribution in [0.15, 0.2) is 18.3 Å². The van der Waals surface area contributed by atoms with E-state index in [1.807, 2.05) is 12.3 Å². The summed E-state index contributed by atoms with van der Waals surface area (Å²) in [6.07, 6.45) is 5.14. The van der Waals surface area contributed by atoms with Crippen LogP contribution in [0.2, 0.25) is 0 Å². The van der Waals surface area contributed by atoms with Gasteiger partial charge in [-0.25, -0.2) is 0 Å². The van der Waals surface area contributed by atoms with Gasteiger partial charge in [-0.3, -0.25) is 0 Å². The van der Waals surface area contributed by atoms with Crippen molar-refractivity contribution in [2.75, 3.05) is 20.1 Å². The zero-order chi connectivity index (χ0) is 10.7. The van der Waals surface area contributed by atoms with E-state index in [2.05, 4.69) is 29.1 Å². The Morgan fingerprint density at radius 1 is 1.60 bits per heavy atom. The number of hydrogen-bond donors (Lipinski definition) is 1. The van der Waals surface area contributed by atoms with Crippen LogP contribution >= 0.6 is 0 Å². The molecule has 1 fully saturated rings. The number of H-pyrrole nitrogens is 1. The molecule has 1 aromatic heterocycles. The molecular formula is C12H17N3. The minimum Gasteiger partial charge on any atom is -0.365 e. The molecule has 3 nitrogen and oxygen atoms in total. The zero-order valence-electron chi connectivity index (χ0n) is 9.16.